The Morgan fingerprint density at radius 3 is 2.28 bits per heavy atom. The first-order valence-electron chi connectivity index (χ1n) is 11.3. The molecule has 0 spiro atoms. The van der Waals surface area contributed by atoms with Gasteiger partial charge in [-0.15, -0.1) is 0 Å². The summed E-state index contributed by atoms with van der Waals surface area (Å²) in [6.45, 7) is 6.72. The van der Waals surface area contributed by atoms with Gasteiger partial charge in [0.2, 0.25) is 11.8 Å². The maximum atomic E-state index is 13.7. The molecule has 0 aliphatic rings. The highest BCUT2D eigenvalue weighted by Gasteiger charge is 2.28. The molecule has 2 aromatic carbocycles. The lowest BCUT2D eigenvalue weighted by Crippen LogP contribution is -2.41. The Morgan fingerprint density at radius 2 is 1.72 bits per heavy atom. The Kier molecular flexibility index (Phi) is 9.72. The number of carbonyl (C=O) groups is 2. The molecule has 0 aliphatic heterocycles. The van der Waals surface area contributed by atoms with Crippen LogP contribution in [0.2, 0.25) is 0 Å². The van der Waals surface area contributed by atoms with Crippen molar-refractivity contribution in [2.75, 3.05) is 38.0 Å². The lowest BCUT2D eigenvalue weighted by atomic mass is 9.94. The lowest BCUT2D eigenvalue weighted by Gasteiger charge is -2.33. The van der Waals surface area contributed by atoms with Crippen LogP contribution in [0.3, 0.4) is 0 Å². The number of ether oxygens (including phenoxy) is 1. The molecule has 2 amide bonds. The third-order valence-electron chi connectivity index (χ3n) is 5.78. The van der Waals surface area contributed by atoms with E-state index in [1.54, 1.807) is 0 Å². The predicted octanol–water partition coefficient (Wildman–Crippen LogP) is 4.66. The Labute approximate surface area is 192 Å². The van der Waals surface area contributed by atoms with E-state index in [2.05, 4.69) is 26.1 Å². The summed E-state index contributed by atoms with van der Waals surface area (Å²) in [6.07, 6.45) is 1.60. The minimum atomic E-state index is -0.207. The van der Waals surface area contributed by atoms with Crippen molar-refractivity contribution in [2.45, 2.75) is 52.1 Å². The number of benzene rings is 2. The normalized spacial score (nSPS) is 12.7. The summed E-state index contributed by atoms with van der Waals surface area (Å²) in [6, 6.07) is 15.9. The van der Waals surface area contributed by atoms with Gasteiger partial charge in [0.15, 0.2) is 0 Å². The van der Waals surface area contributed by atoms with Gasteiger partial charge in [-0.2, -0.15) is 0 Å². The number of methoxy groups -OCH3 is 1. The second kappa shape index (κ2) is 12.2. The van der Waals surface area contributed by atoms with Crippen LogP contribution in [0.1, 0.15) is 50.7 Å². The number of carbonyl (C=O) groups excluding carboxylic acids is 2. The van der Waals surface area contributed by atoms with E-state index in [0.717, 1.165) is 29.7 Å². The number of hydrogen-bond donors (Lipinski definition) is 1. The van der Waals surface area contributed by atoms with Crippen LogP contribution in [-0.2, 0) is 20.9 Å². The van der Waals surface area contributed by atoms with Gasteiger partial charge in [0, 0.05) is 45.2 Å². The Morgan fingerprint density at radius 1 is 1.03 bits per heavy atom. The third kappa shape index (κ3) is 6.57. The van der Waals surface area contributed by atoms with E-state index in [9.17, 15) is 9.59 Å². The molecule has 2 rings (SSSR count). The molecule has 0 bridgehead atoms. The fourth-order valence-electron chi connectivity index (χ4n) is 3.85. The van der Waals surface area contributed by atoms with Gasteiger partial charge in [-0.05, 0) is 49.1 Å². The molecular weight excluding hydrogens is 402 g/mol. The second-order valence-electron chi connectivity index (χ2n) is 8.31. The molecule has 2 atom stereocenters. The highest BCUT2D eigenvalue weighted by molar-refractivity contribution is 5.92. The summed E-state index contributed by atoms with van der Waals surface area (Å²) in [5.74, 6) is -0.259. The van der Waals surface area contributed by atoms with Gasteiger partial charge in [-0.1, -0.05) is 44.2 Å². The maximum absolute atomic E-state index is 13.7. The molecule has 6 nitrogen and oxygen atoms in total. The predicted molar refractivity (Wildman–Crippen MR) is 131 cm³/mol. The minimum Gasteiger partial charge on any atom is -0.377 e. The zero-order chi connectivity index (χ0) is 23.7. The van der Waals surface area contributed by atoms with E-state index in [1.807, 2.05) is 72.4 Å². The molecule has 0 aliphatic carbocycles. The third-order valence-corrected chi connectivity index (χ3v) is 5.78. The largest absolute Gasteiger partial charge is 0.377 e. The molecule has 0 saturated carbocycles. The standard InChI is InChI=1S/C26H37N3O3/c1-7-19(3)29(26(31)23(8-2)20-12-10-9-11-13-20)17-21-16-22(27-25(30)18-32-6)14-15-24(21)28(4)5/h9-16,19,23H,7-8,17-18H2,1-6H3,(H,27,30)/t19-,23+/m0/s1. The van der Waals surface area contributed by atoms with Crippen LogP contribution in [0.5, 0.6) is 0 Å². The van der Waals surface area contributed by atoms with Crippen LogP contribution in [0.25, 0.3) is 0 Å². The molecule has 0 unspecified atom stereocenters. The van der Waals surface area contributed by atoms with Gasteiger partial charge in [0.25, 0.3) is 0 Å². The molecule has 0 fully saturated rings. The first-order chi connectivity index (χ1) is 15.3. The van der Waals surface area contributed by atoms with Crippen molar-refractivity contribution in [3.05, 3.63) is 59.7 Å². The summed E-state index contributed by atoms with van der Waals surface area (Å²) >= 11 is 0. The average Bonchev–Trinajstić information content (AvgIpc) is 2.78. The zero-order valence-corrected chi connectivity index (χ0v) is 20.2. The molecule has 0 radical (unpaired) electrons. The van der Waals surface area contributed by atoms with Crippen molar-refractivity contribution < 1.29 is 14.3 Å². The second-order valence-corrected chi connectivity index (χ2v) is 8.31. The number of hydrogen-bond acceptors (Lipinski definition) is 4. The van der Waals surface area contributed by atoms with Gasteiger partial charge in [-0.25, -0.2) is 0 Å². The van der Waals surface area contributed by atoms with Crippen LogP contribution < -0.4 is 10.2 Å². The molecule has 32 heavy (non-hydrogen) atoms. The minimum absolute atomic E-state index is 0.00248. The van der Waals surface area contributed by atoms with Crippen molar-refractivity contribution in [2.24, 2.45) is 0 Å². The van der Waals surface area contributed by atoms with Gasteiger partial charge < -0.3 is 19.9 Å². The number of amides is 2. The van der Waals surface area contributed by atoms with Crippen LogP contribution in [-0.4, -0.2) is 50.6 Å². The number of rotatable bonds is 11. The Bertz CT molecular complexity index is 883. The first kappa shape index (κ1) is 25.4. The Balaban J connectivity index is 2.40. The topological polar surface area (TPSA) is 61.9 Å². The van der Waals surface area contributed by atoms with Crippen molar-refractivity contribution >= 4 is 23.2 Å². The van der Waals surface area contributed by atoms with E-state index < -0.39 is 0 Å². The molecule has 6 heteroatoms. The van der Waals surface area contributed by atoms with Crippen molar-refractivity contribution in [3.8, 4) is 0 Å². The average molecular weight is 440 g/mol. The quantitative estimate of drug-likeness (QED) is 0.553. The van der Waals surface area contributed by atoms with E-state index in [0.29, 0.717) is 12.2 Å². The summed E-state index contributed by atoms with van der Waals surface area (Å²) in [5.41, 5.74) is 3.74. The maximum Gasteiger partial charge on any atom is 0.250 e. The number of anilines is 2. The smallest absolute Gasteiger partial charge is 0.250 e. The molecule has 174 valence electrons. The Hall–Kier alpha value is -2.86. The number of nitrogens with zero attached hydrogens (tertiary/aromatic N) is 2. The van der Waals surface area contributed by atoms with E-state index in [4.69, 9.17) is 4.74 Å². The molecule has 1 N–H and O–H groups in total. The van der Waals surface area contributed by atoms with Crippen molar-refractivity contribution in [1.82, 2.24) is 4.90 Å². The highest BCUT2D eigenvalue weighted by Crippen LogP contribution is 2.29. The molecule has 0 saturated heterocycles. The molecule has 0 heterocycles. The molecule has 2 aromatic rings. The fraction of sp³-hybridized carbons (Fsp3) is 0.462. The summed E-state index contributed by atoms with van der Waals surface area (Å²) < 4.78 is 4.92. The van der Waals surface area contributed by atoms with Gasteiger partial charge in [0.1, 0.15) is 6.61 Å². The van der Waals surface area contributed by atoms with E-state index in [1.165, 1.54) is 7.11 Å². The van der Waals surface area contributed by atoms with Crippen molar-refractivity contribution in [3.63, 3.8) is 0 Å². The van der Waals surface area contributed by atoms with Gasteiger partial charge in [-0.3, -0.25) is 9.59 Å². The number of nitrogens with one attached hydrogen (secondary N) is 1. The van der Waals surface area contributed by atoms with Crippen LogP contribution in [0, 0.1) is 0 Å². The molecular formula is C26H37N3O3. The SMILES string of the molecule is CC[C@@H](C(=O)N(Cc1cc(NC(=O)COC)ccc1N(C)C)[C@@H](C)CC)c1ccccc1. The summed E-state index contributed by atoms with van der Waals surface area (Å²) in [4.78, 5) is 29.7. The lowest BCUT2D eigenvalue weighted by molar-refractivity contribution is -0.135. The monoisotopic (exact) mass is 439 g/mol. The van der Waals surface area contributed by atoms with Gasteiger partial charge >= 0.3 is 0 Å². The van der Waals surface area contributed by atoms with Crippen LogP contribution in [0.4, 0.5) is 11.4 Å². The zero-order valence-electron chi connectivity index (χ0n) is 20.2. The summed E-state index contributed by atoms with van der Waals surface area (Å²) in [5, 5.41) is 2.87. The summed E-state index contributed by atoms with van der Waals surface area (Å²) in [7, 11) is 5.46. The van der Waals surface area contributed by atoms with Crippen LogP contribution >= 0.6 is 0 Å². The van der Waals surface area contributed by atoms with Crippen molar-refractivity contribution in [1.29, 1.82) is 0 Å². The van der Waals surface area contributed by atoms with Gasteiger partial charge in [0.05, 0.1) is 5.92 Å². The van der Waals surface area contributed by atoms with Crippen LogP contribution in [0.15, 0.2) is 48.5 Å². The van der Waals surface area contributed by atoms with E-state index >= 15 is 0 Å². The highest BCUT2D eigenvalue weighted by atomic mass is 16.5. The fourth-order valence-corrected chi connectivity index (χ4v) is 3.85. The van der Waals surface area contributed by atoms with E-state index in [-0.39, 0.29) is 30.4 Å². The molecule has 0 aromatic heterocycles. The first-order valence-corrected chi connectivity index (χ1v) is 11.3.